The molecule has 2 N–H and O–H groups in total. The van der Waals surface area contributed by atoms with Gasteiger partial charge >= 0.3 is 5.69 Å². The molecule has 4 rings (SSSR count). The largest absolute Gasteiger partial charge is 0.360 e. The summed E-state index contributed by atoms with van der Waals surface area (Å²) in [6.07, 6.45) is 1.27. The second-order valence-corrected chi connectivity index (χ2v) is 7.30. The van der Waals surface area contributed by atoms with Crippen molar-refractivity contribution >= 4 is 46.0 Å². The molecule has 10 heteroatoms. The number of nitrogens with zero attached hydrogens (tertiary/aromatic N) is 5. The molecular formula is C23H18ClN7O2. The van der Waals surface area contributed by atoms with Crippen LogP contribution in [0.2, 0.25) is 5.02 Å². The molecule has 33 heavy (non-hydrogen) atoms. The molecule has 0 aliphatic carbocycles. The highest BCUT2D eigenvalue weighted by molar-refractivity contribution is 6.30. The van der Waals surface area contributed by atoms with Crippen molar-refractivity contribution in [3.8, 4) is 0 Å². The zero-order valence-electron chi connectivity index (χ0n) is 17.2. The first-order valence-electron chi connectivity index (χ1n) is 9.90. The van der Waals surface area contributed by atoms with Gasteiger partial charge in [-0.15, -0.1) is 0 Å². The van der Waals surface area contributed by atoms with Crippen molar-refractivity contribution in [1.29, 1.82) is 0 Å². The summed E-state index contributed by atoms with van der Waals surface area (Å²) in [5.41, 5.74) is 2.65. The van der Waals surface area contributed by atoms with Crippen molar-refractivity contribution in [2.75, 3.05) is 10.6 Å². The molecule has 0 spiro atoms. The molecule has 0 amide bonds. The molecule has 164 valence electrons. The summed E-state index contributed by atoms with van der Waals surface area (Å²) in [7, 11) is 0. The van der Waals surface area contributed by atoms with Crippen molar-refractivity contribution in [3.05, 3.63) is 106 Å². The van der Waals surface area contributed by atoms with Crippen LogP contribution in [0.1, 0.15) is 5.56 Å². The van der Waals surface area contributed by atoms with Gasteiger partial charge in [0.15, 0.2) is 0 Å². The molecule has 0 saturated heterocycles. The molecule has 0 aliphatic heterocycles. The molecule has 0 unspecified atom stereocenters. The Balaban J connectivity index is 1.49. The van der Waals surface area contributed by atoms with Gasteiger partial charge in [-0.25, -0.2) is 9.97 Å². The van der Waals surface area contributed by atoms with Crippen LogP contribution in [0.3, 0.4) is 0 Å². The summed E-state index contributed by atoms with van der Waals surface area (Å²) in [5.74, 6) is 0.188. The summed E-state index contributed by atoms with van der Waals surface area (Å²) in [5, 5.41) is 26.7. The summed E-state index contributed by atoms with van der Waals surface area (Å²) in [4.78, 5) is 19.3. The Morgan fingerprint density at radius 2 is 1.48 bits per heavy atom. The Morgan fingerprint density at radius 3 is 2.15 bits per heavy atom. The van der Waals surface area contributed by atoms with Gasteiger partial charge < -0.3 is 10.6 Å². The van der Waals surface area contributed by atoms with Gasteiger partial charge in [0, 0.05) is 17.3 Å². The smallest absolute Gasteiger partial charge is 0.353 e. The van der Waals surface area contributed by atoms with Crippen LogP contribution in [0.15, 0.2) is 95.4 Å². The molecule has 0 radical (unpaired) electrons. The topological polar surface area (TPSA) is 118 Å². The lowest BCUT2D eigenvalue weighted by molar-refractivity contribution is -0.383. The van der Waals surface area contributed by atoms with E-state index in [1.165, 1.54) is 6.33 Å². The molecule has 0 saturated carbocycles. The van der Waals surface area contributed by atoms with E-state index in [9.17, 15) is 10.1 Å². The maximum Gasteiger partial charge on any atom is 0.353 e. The fourth-order valence-electron chi connectivity index (χ4n) is 2.92. The lowest BCUT2D eigenvalue weighted by atomic mass is 10.2. The van der Waals surface area contributed by atoms with Gasteiger partial charge in [-0.1, -0.05) is 41.9 Å². The Labute approximate surface area is 194 Å². The molecule has 9 nitrogen and oxygen atoms in total. The highest BCUT2D eigenvalue weighted by atomic mass is 35.5. The quantitative estimate of drug-likeness (QED) is 0.170. The van der Waals surface area contributed by atoms with Crippen LogP contribution in [-0.2, 0) is 6.54 Å². The van der Waals surface area contributed by atoms with Crippen molar-refractivity contribution in [3.63, 3.8) is 0 Å². The number of nitrogens with one attached hydrogen (secondary N) is 2. The maximum absolute atomic E-state index is 11.8. The first-order chi connectivity index (χ1) is 16.1. The van der Waals surface area contributed by atoms with Crippen LogP contribution in [0.4, 0.5) is 34.4 Å². The van der Waals surface area contributed by atoms with E-state index in [0.717, 1.165) is 11.3 Å². The minimum absolute atomic E-state index is 0.0762. The number of aromatic nitrogens is 2. The fourth-order valence-corrected chi connectivity index (χ4v) is 3.04. The molecule has 0 atom stereocenters. The molecule has 1 aromatic heterocycles. The minimum Gasteiger partial charge on any atom is -0.360 e. The number of azo groups is 1. The Bertz CT molecular complexity index is 1260. The van der Waals surface area contributed by atoms with E-state index >= 15 is 0 Å². The third kappa shape index (κ3) is 5.86. The first-order valence-corrected chi connectivity index (χ1v) is 10.3. The molecule has 0 fully saturated rings. The van der Waals surface area contributed by atoms with Gasteiger partial charge in [-0.3, -0.25) is 10.1 Å². The predicted octanol–water partition coefficient (Wildman–Crippen LogP) is 6.81. The summed E-state index contributed by atoms with van der Waals surface area (Å²) in [6.45, 7) is 0.343. The zero-order valence-corrected chi connectivity index (χ0v) is 18.0. The molecule has 4 aromatic rings. The highest BCUT2D eigenvalue weighted by Crippen LogP contribution is 2.32. The standard InChI is InChI=1S/C23H18ClN7O2/c24-17-8-6-16(7-9-17)14-25-22-21(31(32)33)23(27-15-26-22)28-18-10-12-20(13-11-18)30-29-19-4-2-1-3-5-19/h1-13,15H,14H2,(H2,25,26,27,28). The van der Waals surface area contributed by atoms with E-state index < -0.39 is 4.92 Å². The van der Waals surface area contributed by atoms with Crippen molar-refractivity contribution in [2.45, 2.75) is 6.54 Å². The van der Waals surface area contributed by atoms with Crippen LogP contribution in [0.25, 0.3) is 0 Å². The van der Waals surface area contributed by atoms with E-state index in [-0.39, 0.29) is 17.3 Å². The number of benzene rings is 3. The third-order valence-corrected chi connectivity index (χ3v) is 4.80. The molecule has 3 aromatic carbocycles. The van der Waals surface area contributed by atoms with Gasteiger partial charge in [-0.05, 0) is 54.1 Å². The Hall–Kier alpha value is -4.37. The van der Waals surface area contributed by atoms with Gasteiger partial charge in [-0.2, -0.15) is 10.2 Å². The zero-order chi connectivity index (χ0) is 23.0. The SMILES string of the molecule is O=[N+]([O-])c1c(NCc2ccc(Cl)cc2)ncnc1Nc1ccc(N=Nc2ccccc2)cc1. The van der Waals surface area contributed by atoms with Crippen molar-refractivity contribution in [1.82, 2.24) is 9.97 Å². The Kier molecular flexibility index (Phi) is 6.81. The summed E-state index contributed by atoms with van der Waals surface area (Å²) < 4.78 is 0. The fraction of sp³-hybridized carbons (Fsp3) is 0.0435. The highest BCUT2D eigenvalue weighted by Gasteiger charge is 2.23. The second-order valence-electron chi connectivity index (χ2n) is 6.86. The number of anilines is 3. The van der Waals surface area contributed by atoms with E-state index in [1.807, 2.05) is 42.5 Å². The minimum atomic E-state index is -0.519. The van der Waals surface area contributed by atoms with Gasteiger partial charge in [0.1, 0.15) is 6.33 Å². The summed E-state index contributed by atoms with van der Waals surface area (Å²) >= 11 is 5.90. The number of nitro groups is 1. The number of hydrogen-bond donors (Lipinski definition) is 2. The van der Waals surface area contributed by atoms with Gasteiger partial charge in [0.2, 0.25) is 11.6 Å². The van der Waals surface area contributed by atoms with Crippen molar-refractivity contribution < 1.29 is 4.92 Å². The third-order valence-electron chi connectivity index (χ3n) is 4.55. The number of hydrogen-bond acceptors (Lipinski definition) is 8. The van der Waals surface area contributed by atoms with Gasteiger partial charge in [0.25, 0.3) is 0 Å². The van der Waals surface area contributed by atoms with Crippen LogP contribution in [0, 0.1) is 10.1 Å². The first kappa shape index (κ1) is 21.8. The lowest BCUT2D eigenvalue weighted by Crippen LogP contribution is -2.08. The second kappa shape index (κ2) is 10.3. The average molecular weight is 460 g/mol. The van der Waals surface area contributed by atoms with Crippen LogP contribution >= 0.6 is 11.6 Å². The van der Waals surface area contributed by atoms with E-state index in [4.69, 9.17) is 11.6 Å². The van der Waals surface area contributed by atoms with Crippen LogP contribution in [0.5, 0.6) is 0 Å². The molecule has 0 bridgehead atoms. The molecular weight excluding hydrogens is 442 g/mol. The molecule has 0 aliphatic rings. The molecule has 1 heterocycles. The van der Waals surface area contributed by atoms with Crippen LogP contribution in [-0.4, -0.2) is 14.9 Å². The lowest BCUT2D eigenvalue weighted by Gasteiger charge is -2.10. The van der Waals surface area contributed by atoms with Gasteiger partial charge in [0.05, 0.1) is 16.3 Å². The number of rotatable bonds is 8. The Morgan fingerprint density at radius 1 is 0.848 bits per heavy atom. The average Bonchev–Trinajstić information content (AvgIpc) is 2.84. The van der Waals surface area contributed by atoms with E-state index in [1.54, 1.807) is 36.4 Å². The maximum atomic E-state index is 11.8. The predicted molar refractivity (Wildman–Crippen MR) is 128 cm³/mol. The van der Waals surface area contributed by atoms with E-state index in [2.05, 4.69) is 30.8 Å². The number of halogens is 1. The summed E-state index contributed by atoms with van der Waals surface area (Å²) in [6, 6.07) is 23.5. The van der Waals surface area contributed by atoms with E-state index in [0.29, 0.717) is 22.9 Å². The van der Waals surface area contributed by atoms with Crippen molar-refractivity contribution in [2.24, 2.45) is 10.2 Å². The monoisotopic (exact) mass is 459 g/mol. The van der Waals surface area contributed by atoms with Crippen LogP contribution < -0.4 is 10.6 Å². The normalized spacial score (nSPS) is 10.8.